The first-order valence-electron chi connectivity index (χ1n) is 6.45. The second-order valence-electron chi connectivity index (χ2n) is 4.85. The highest BCUT2D eigenvalue weighted by Gasteiger charge is 2.27. The van der Waals surface area contributed by atoms with Crippen molar-refractivity contribution in [2.75, 3.05) is 0 Å². The van der Waals surface area contributed by atoms with Gasteiger partial charge in [-0.05, 0) is 48.6 Å². The molecular weight excluding hydrogens is 222 g/mol. The summed E-state index contributed by atoms with van der Waals surface area (Å²) in [6.07, 6.45) is 8.92. The summed E-state index contributed by atoms with van der Waals surface area (Å²) in [5, 5.41) is 0. The molecule has 3 heteroatoms. The summed E-state index contributed by atoms with van der Waals surface area (Å²) in [5.41, 5.74) is 10.1. The molecule has 2 aromatic rings. The van der Waals surface area contributed by atoms with Gasteiger partial charge in [0.25, 0.3) is 0 Å². The van der Waals surface area contributed by atoms with E-state index in [1.54, 1.807) is 12.4 Å². The summed E-state index contributed by atoms with van der Waals surface area (Å²) in [7, 11) is 0. The average Bonchev–Trinajstić information content (AvgIpc) is 2.47. The first kappa shape index (κ1) is 11.4. The quantitative estimate of drug-likeness (QED) is 0.876. The zero-order valence-electron chi connectivity index (χ0n) is 10.3. The van der Waals surface area contributed by atoms with Gasteiger partial charge in [0.05, 0.1) is 0 Å². The highest BCUT2D eigenvalue weighted by Crippen LogP contribution is 2.37. The largest absolute Gasteiger partial charge is 0.323 e. The van der Waals surface area contributed by atoms with Crippen LogP contribution in [0.1, 0.15) is 41.6 Å². The van der Waals surface area contributed by atoms with Gasteiger partial charge in [0, 0.05) is 36.2 Å². The second-order valence-corrected chi connectivity index (χ2v) is 4.85. The molecule has 3 nitrogen and oxygen atoms in total. The molecule has 0 bridgehead atoms. The van der Waals surface area contributed by atoms with Crippen molar-refractivity contribution in [2.45, 2.75) is 31.2 Å². The van der Waals surface area contributed by atoms with Gasteiger partial charge in [-0.15, -0.1) is 0 Å². The number of hydrogen-bond donors (Lipinski definition) is 1. The van der Waals surface area contributed by atoms with Crippen LogP contribution < -0.4 is 5.73 Å². The summed E-state index contributed by atoms with van der Waals surface area (Å²) in [4.78, 5) is 8.60. The lowest BCUT2D eigenvalue weighted by molar-refractivity contribution is 0.462. The van der Waals surface area contributed by atoms with E-state index in [9.17, 15) is 0 Å². The lowest BCUT2D eigenvalue weighted by Crippen LogP contribution is -2.24. The molecular formula is C15H17N3. The molecule has 0 spiro atoms. The lowest BCUT2D eigenvalue weighted by atomic mass is 9.80. The van der Waals surface area contributed by atoms with Crippen LogP contribution in [0.2, 0.25) is 0 Å². The topological polar surface area (TPSA) is 51.8 Å². The maximum atomic E-state index is 6.42. The minimum Gasteiger partial charge on any atom is -0.323 e. The number of fused-ring (bicyclic) bond motifs is 1. The Morgan fingerprint density at radius 2 is 2.00 bits per heavy atom. The summed E-state index contributed by atoms with van der Waals surface area (Å²) in [6.45, 7) is 0. The minimum atomic E-state index is 0.0157. The third-order valence-electron chi connectivity index (χ3n) is 3.76. The zero-order valence-corrected chi connectivity index (χ0v) is 10.3. The van der Waals surface area contributed by atoms with Crippen LogP contribution in [0.5, 0.6) is 0 Å². The Hall–Kier alpha value is -1.74. The number of rotatable bonds is 2. The monoisotopic (exact) mass is 239 g/mol. The van der Waals surface area contributed by atoms with Crippen LogP contribution in [-0.4, -0.2) is 9.97 Å². The number of aromatic nitrogens is 2. The van der Waals surface area contributed by atoms with Crippen molar-refractivity contribution < 1.29 is 0 Å². The Kier molecular flexibility index (Phi) is 3.07. The van der Waals surface area contributed by atoms with Crippen molar-refractivity contribution in [3.8, 4) is 0 Å². The van der Waals surface area contributed by atoms with Crippen molar-refractivity contribution >= 4 is 0 Å². The van der Waals surface area contributed by atoms with E-state index in [2.05, 4.69) is 16.0 Å². The molecule has 3 rings (SSSR count). The smallest absolute Gasteiger partial charge is 0.0485 e. The molecule has 1 aliphatic rings. The molecule has 92 valence electrons. The number of aryl methyl sites for hydroxylation is 1. The number of nitrogens with zero attached hydrogens (tertiary/aromatic N) is 2. The number of pyridine rings is 2. The second kappa shape index (κ2) is 4.86. The van der Waals surface area contributed by atoms with E-state index in [0.717, 1.165) is 18.4 Å². The van der Waals surface area contributed by atoms with Gasteiger partial charge in [-0.3, -0.25) is 9.97 Å². The van der Waals surface area contributed by atoms with Gasteiger partial charge in [0.1, 0.15) is 0 Å². The normalized spacial score (nSPS) is 20.2. The molecule has 18 heavy (non-hydrogen) atoms. The van der Waals surface area contributed by atoms with E-state index in [1.165, 1.54) is 17.7 Å². The average molecular weight is 239 g/mol. The van der Waals surface area contributed by atoms with E-state index < -0.39 is 0 Å². The lowest BCUT2D eigenvalue weighted by Gasteiger charge is -2.29. The Bertz CT molecular complexity index is 524. The summed E-state index contributed by atoms with van der Waals surface area (Å²) in [6, 6.07) is 8.21. The van der Waals surface area contributed by atoms with Crippen molar-refractivity contribution in [2.24, 2.45) is 5.73 Å². The molecule has 0 saturated carbocycles. The van der Waals surface area contributed by atoms with Crippen molar-refractivity contribution in [1.82, 2.24) is 9.97 Å². The van der Waals surface area contributed by atoms with Crippen molar-refractivity contribution in [1.29, 1.82) is 0 Å². The van der Waals surface area contributed by atoms with Gasteiger partial charge in [-0.25, -0.2) is 0 Å². The van der Waals surface area contributed by atoms with Crippen LogP contribution >= 0.6 is 0 Å². The van der Waals surface area contributed by atoms with Gasteiger partial charge in [0.2, 0.25) is 0 Å². The van der Waals surface area contributed by atoms with Crippen LogP contribution in [-0.2, 0) is 6.42 Å². The van der Waals surface area contributed by atoms with Crippen molar-refractivity contribution in [3.63, 3.8) is 0 Å². The highest BCUT2D eigenvalue weighted by atomic mass is 14.7. The number of nitrogens with two attached hydrogens (primary N) is 1. The van der Waals surface area contributed by atoms with E-state index >= 15 is 0 Å². The molecule has 2 N–H and O–H groups in total. The minimum absolute atomic E-state index is 0.0157. The summed E-state index contributed by atoms with van der Waals surface area (Å²) in [5.74, 6) is 0.331. The van der Waals surface area contributed by atoms with E-state index in [0.29, 0.717) is 5.92 Å². The molecule has 2 heterocycles. The van der Waals surface area contributed by atoms with Gasteiger partial charge in [-0.1, -0.05) is 6.07 Å². The van der Waals surface area contributed by atoms with E-state index in [-0.39, 0.29) is 6.04 Å². The summed E-state index contributed by atoms with van der Waals surface area (Å²) < 4.78 is 0. The molecule has 2 aromatic heterocycles. The van der Waals surface area contributed by atoms with E-state index in [4.69, 9.17) is 5.73 Å². The molecule has 0 saturated heterocycles. The maximum Gasteiger partial charge on any atom is 0.0485 e. The fourth-order valence-electron chi connectivity index (χ4n) is 2.81. The predicted molar refractivity (Wildman–Crippen MR) is 71.1 cm³/mol. The van der Waals surface area contributed by atoms with Crippen LogP contribution in [0, 0.1) is 0 Å². The first-order chi connectivity index (χ1) is 8.86. The zero-order chi connectivity index (χ0) is 12.4. The fourth-order valence-corrected chi connectivity index (χ4v) is 2.81. The summed E-state index contributed by atoms with van der Waals surface area (Å²) >= 11 is 0. The Labute approximate surface area is 107 Å². The van der Waals surface area contributed by atoms with Crippen LogP contribution in [0.3, 0.4) is 0 Å². The van der Waals surface area contributed by atoms with Gasteiger partial charge >= 0.3 is 0 Å². The molecule has 2 unspecified atom stereocenters. The van der Waals surface area contributed by atoms with Gasteiger partial charge < -0.3 is 5.73 Å². The van der Waals surface area contributed by atoms with Crippen LogP contribution in [0.15, 0.2) is 42.9 Å². The maximum absolute atomic E-state index is 6.42. The number of hydrogen-bond acceptors (Lipinski definition) is 3. The van der Waals surface area contributed by atoms with Crippen LogP contribution in [0.25, 0.3) is 0 Å². The Balaban J connectivity index is 1.94. The molecule has 0 aromatic carbocycles. The molecule has 0 radical (unpaired) electrons. The van der Waals surface area contributed by atoms with Gasteiger partial charge in [0.15, 0.2) is 0 Å². The van der Waals surface area contributed by atoms with Crippen molar-refractivity contribution in [3.05, 3.63) is 59.7 Å². The SMILES string of the molecule is NC(c1ccncc1)C1CCCc2cccnc21. The molecule has 0 amide bonds. The third-order valence-corrected chi connectivity index (χ3v) is 3.76. The Morgan fingerprint density at radius 3 is 2.83 bits per heavy atom. The molecule has 2 atom stereocenters. The highest BCUT2D eigenvalue weighted by molar-refractivity contribution is 5.30. The first-order valence-corrected chi connectivity index (χ1v) is 6.45. The Morgan fingerprint density at radius 1 is 1.17 bits per heavy atom. The molecule has 1 aliphatic carbocycles. The van der Waals surface area contributed by atoms with Gasteiger partial charge in [-0.2, -0.15) is 0 Å². The standard InChI is InChI=1S/C15H17N3/c16-14(11-6-9-17-10-7-11)13-5-1-3-12-4-2-8-18-15(12)13/h2,4,6-10,13-14H,1,3,5,16H2. The predicted octanol–water partition coefficient (Wildman–Crippen LogP) is 2.60. The third kappa shape index (κ3) is 2.02. The van der Waals surface area contributed by atoms with E-state index in [1.807, 2.05) is 24.4 Å². The molecule has 0 fully saturated rings. The fraction of sp³-hybridized carbons (Fsp3) is 0.333. The molecule has 0 aliphatic heterocycles. The van der Waals surface area contributed by atoms with Crippen LogP contribution in [0.4, 0.5) is 0 Å².